The van der Waals surface area contributed by atoms with Crippen LogP contribution in [-0.2, 0) is 6.54 Å². The van der Waals surface area contributed by atoms with E-state index in [1.807, 2.05) is 0 Å². The van der Waals surface area contributed by atoms with Crippen molar-refractivity contribution in [2.45, 2.75) is 6.54 Å². The molecule has 0 bridgehead atoms. The topological polar surface area (TPSA) is 71.1 Å². The zero-order valence-corrected chi connectivity index (χ0v) is 11.2. The van der Waals surface area contributed by atoms with Crippen LogP contribution in [0.3, 0.4) is 0 Å². The molecule has 102 valence electrons. The number of anilines is 1. The van der Waals surface area contributed by atoms with Crippen LogP contribution in [0.5, 0.6) is 0 Å². The summed E-state index contributed by atoms with van der Waals surface area (Å²) < 4.78 is 0. The summed E-state index contributed by atoms with van der Waals surface area (Å²) in [6.45, 7) is 0.426. The van der Waals surface area contributed by atoms with Gasteiger partial charge in [0, 0.05) is 35.8 Å². The average Bonchev–Trinajstić information content (AvgIpc) is 2.47. The van der Waals surface area contributed by atoms with E-state index in [0.717, 1.165) is 11.3 Å². The van der Waals surface area contributed by atoms with Crippen LogP contribution >= 0.6 is 12.4 Å². The molecule has 2 N–H and O–H groups in total. The highest BCUT2D eigenvalue weighted by Gasteiger charge is 2.16. The lowest BCUT2D eigenvalue weighted by atomic mass is 10.0. The number of pyridine rings is 1. The van der Waals surface area contributed by atoms with Crippen LogP contribution in [0.2, 0.25) is 0 Å². The highest BCUT2D eigenvalue weighted by Crippen LogP contribution is 2.21. The van der Waals surface area contributed by atoms with Crippen molar-refractivity contribution in [3.63, 3.8) is 0 Å². The highest BCUT2D eigenvalue weighted by molar-refractivity contribution is 6.09. The van der Waals surface area contributed by atoms with Crippen LogP contribution in [-0.4, -0.2) is 16.8 Å². The second-order valence-electron chi connectivity index (χ2n) is 4.25. The number of urea groups is 1. The second-order valence-corrected chi connectivity index (χ2v) is 4.25. The maximum Gasteiger partial charge on any atom is 0.319 e. The number of carbonyl (C=O) groups is 2. The number of nitrogens with zero attached hydrogens (tertiary/aromatic N) is 1. The van der Waals surface area contributed by atoms with Crippen LogP contribution in [0, 0.1) is 0 Å². The van der Waals surface area contributed by atoms with Crippen LogP contribution in [0.4, 0.5) is 10.5 Å². The molecule has 0 atom stereocenters. The van der Waals surface area contributed by atoms with Gasteiger partial charge in [-0.2, -0.15) is 0 Å². The molecule has 5 nitrogen and oxygen atoms in total. The van der Waals surface area contributed by atoms with E-state index in [1.54, 1.807) is 42.7 Å². The molecule has 2 amide bonds. The van der Waals surface area contributed by atoms with E-state index < -0.39 is 0 Å². The first-order chi connectivity index (χ1) is 9.24. The number of nitrogens with one attached hydrogen (secondary N) is 2. The Morgan fingerprint density at radius 2 is 2.05 bits per heavy atom. The fourth-order valence-electron chi connectivity index (χ4n) is 2.01. The molecular formula is C14H12ClN3O2. The third-order valence-electron chi connectivity index (χ3n) is 2.98. The van der Waals surface area contributed by atoms with Gasteiger partial charge in [-0.3, -0.25) is 9.78 Å². The van der Waals surface area contributed by atoms with Crippen LogP contribution in [0.1, 0.15) is 21.5 Å². The zero-order chi connectivity index (χ0) is 13.2. The third kappa shape index (κ3) is 2.62. The summed E-state index contributed by atoms with van der Waals surface area (Å²) in [5, 5.41) is 5.36. The Kier molecular flexibility index (Phi) is 4.00. The molecule has 0 saturated heterocycles. The summed E-state index contributed by atoms with van der Waals surface area (Å²) in [7, 11) is 0. The molecule has 0 saturated carbocycles. The Labute approximate surface area is 121 Å². The van der Waals surface area contributed by atoms with Gasteiger partial charge in [-0.25, -0.2) is 4.79 Å². The van der Waals surface area contributed by atoms with Gasteiger partial charge in [0.15, 0.2) is 5.78 Å². The van der Waals surface area contributed by atoms with Crippen molar-refractivity contribution in [3.8, 4) is 0 Å². The summed E-state index contributed by atoms with van der Waals surface area (Å²) in [5.74, 6) is -0.0761. The van der Waals surface area contributed by atoms with Crippen molar-refractivity contribution in [2.75, 3.05) is 5.32 Å². The van der Waals surface area contributed by atoms with Gasteiger partial charge in [-0.15, -0.1) is 12.4 Å². The van der Waals surface area contributed by atoms with Gasteiger partial charge in [0.1, 0.15) is 0 Å². The lowest BCUT2D eigenvalue weighted by Gasteiger charge is -2.18. The lowest BCUT2D eigenvalue weighted by Crippen LogP contribution is -2.33. The first-order valence-electron chi connectivity index (χ1n) is 5.86. The molecule has 6 heteroatoms. The number of carbonyl (C=O) groups excluding carboxylic acids is 2. The molecule has 2 heterocycles. The SMILES string of the molecule is Cl.O=C1NCc2cc(C(=O)c3cccnc3)ccc2N1. The first kappa shape index (κ1) is 14.0. The van der Waals surface area contributed by atoms with Crippen LogP contribution in [0.15, 0.2) is 42.7 Å². The molecule has 1 aromatic carbocycles. The quantitative estimate of drug-likeness (QED) is 0.834. The largest absolute Gasteiger partial charge is 0.334 e. The number of benzene rings is 1. The fourth-order valence-corrected chi connectivity index (χ4v) is 2.01. The molecule has 0 fully saturated rings. The number of ketones is 1. The third-order valence-corrected chi connectivity index (χ3v) is 2.98. The van der Waals surface area contributed by atoms with Gasteiger partial charge in [-0.05, 0) is 35.9 Å². The van der Waals surface area contributed by atoms with Crippen molar-refractivity contribution < 1.29 is 9.59 Å². The van der Waals surface area contributed by atoms with Crippen molar-refractivity contribution >= 4 is 29.9 Å². The molecule has 0 radical (unpaired) electrons. The van der Waals surface area contributed by atoms with Crippen molar-refractivity contribution in [2.24, 2.45) is 0 Å². The molecular weight excluding hydrogens is 278 g/mol. The Balaban J connectivity index is 0.00000147. The zero-order valence-electron chi connectivity index (χ0n) is 10.4. The van der Waals surface area contributed by atoms with E-state index in [0.29, 0.717) is 17.7 Å². The van der Waals surface area contributed by atoms with Gasteiger partial charge in [0.25, 0.3) is 0 Å². The van der Waals surface area contributed by atoms with Crippen molar-refractivity contribution in [1.29, 1.82) is 0 Å². The van der Waals surface area contributed by atoms with Crippen LogP contribution < -0.4 is 10.6 Å². The summed E-state index contributed by atoms with van der Waals surface area (Å²) in [6.07, 6.45) is 3.17. The first-order valence-corrected chi connectivity index (χ1v) is 5.86. The molecule has 0 unspecified atom stereocenters. The number of halogens is 1. The highest BCUT2D eigenvalue weighted by atomic mass is 35.5. The molecule has 1 aromatic heterocycles. The predicted molar refractivity (Wildman–Crippen MR) is 77.2 cm³/mol. The van der Waals surface area contributed by atoms with Crippen molar-refractivity contribution in [3.05, 3.63) is 59.4 Å². The lowest BCUT2D eigenvalue weighted by molar-refractivity contribution is 0.103. The number of amides is 2. The van der Waals surface area contributed by atoms with Crippen LogP contribution in [0.25, 0.3) is 0 Å². The van der Waals surface area contributed by atoms with Gasteiger partial charge in [0.2, 0.25) is 0 Å². The molecule has 20 heavy (non-hydrogen) atoms. The van der Waals surface area contributed by atoms with E-state index >= 15 is 0 Å². The summed E-state index contributed by atoms with van der Waals surface area (Å²) in [4.78, 5) is 27.4. The van der Waals surface area contributed by atoms with Gasteiger partial charge >= 0.3 is 6.03 Å². The summed E-state index contributed by atoms with van der Waals surface area (Å²) in [6, 6.07) is 8.48. The average molecular weight is 290 g/mol. The molecule has 3 rings (SSSR count). The number of fused-ring (bicyclic) bond motifs is 1. The number of rotatable bonds is 2. The van der Waals surface area contributed by atoms with E-state index in [4.69, 9.17) is 0 Å². The summed E-state index contributed by atoms with van der Waals surface area (Å²) in [5.41, 5.74) is 2.78. The van der Waals surface area contributed by atoms with E-state index in [2.05, 4.69) is 15.6 Å². The van der Waals surface area contributed by atoms with E-state index in [-0.39, 0.29) is 24.2 Å². The molecule has 1 aliphatic heterocycles. The summed E-state index contributed by atoms with van der Waals surface area (Å²) >= 11 is 0. The smallest absolute Gasteiger partial charge is 0.319 e. The second kappa shape index (κ2) is 5.71. The molecule has 1 aliphatic rings. The number of hydrogen-bond acceptors (Lipinski definition) is 3. The minimum absolute atomic E-state index is 0. The van der Waals surface area contributed by atoms with Gasteiger partial charge < -0.3 is 10.6 Å². The van der Waals surface area contributed by atoms with Gasteiger partial charge in [-0.1, -0.05) is 0 Å². The Hall–Kier alpha value is -2.40. The maximum absolute atomic E-state index is 12.2. The normalized spacial score (nSPS) is 12.5. The van der Waals surface area contributed by atoms with E-state index in [9.17, 15) is 9.59 Å². The number of aromatic nitrogens is 1. The standard InChI is InChI=1S/C14H11N3O2.ClH/c18-13(10-2-1-5-15-7-10)9-3-4-12-11(6-9)8-16-14(19)17-12;/h1-7H,8H2,(H2,16,17,19);1H. The Bertz CT molecular complexity index is 659. The van der Waals surface area contributed by atoms with Gasteiger partial charge in [0.05, 0.1) is 0 Å². The Morgan fingerprint density at radius 1 is 1.20 bits per heavy atom. The minimum atomic E-state index is -0.223. The molecule has 2 aromatic rings. The predicted octanol–water partition coefficient (Wildman–Crippen LogP) is 2.37. The monoisotopic (exact) mass is 289 g/mol. The Morgan fingerprint density at radius 3 is 2.80 bits per heavy atom. The molecule has 0 spiro atoms. The maximum atomic E-state index is 12.2. The van der Waals surface area contributed by atoms with E-state index in [1.165, 1.54) is 0 Å². The minimum Gasteiger partial charge on any atom is -0.334 e. The fraction of sp³-hybridized carbons (Fsp3) is 0.0714. The van der Waals surface area contributed by atoms with Crippen molar-refractivity contribution in [1.82, 2.24) is 10.3 Å². The number of hydrogen-bond donors (Lipinski definition) is 2. The molecule has 0 aliphatic carbocycles.